The van der Waals surface area contributed by atoms with Gasteiger partial charge in [-0.2, -0.15) is 0 Å². The van der Waals surface area contributed by atoms with E-state index in [1.807, 2.05) is 0 Å². The number of hydrogen-bond acceptors (Lipinski definition) is 3. The van der Waals surface area contributed by atoms with Crippen molar-refractivity contribution in [2.75, 3.05) is 11.9 Å². The van der Waals surface area contributed by atoms with E-state index in [-0.39, 0.29) is 16.3 Å². The summed E-state index contributed by atoms with van der Waals surface area (Å²) in [5, 5.41) is 11.2. The molecule has 0 unspecified atom stereocenters. The lowest BCUT2D eigenvalue weighted by Crippen LogP contribution is -2.26. The molecule has 2 aromatic rings. The van der Waals surface area contributed by atoms with Crippen LogP contribution in [-0.4, -0.2) is 17.9 Å². The van der Waals surface area contributed by atoms with Crippen molar-refractivity contribution in [1.29, 1.82) is 0 Å². The largest absolute Gasteiger partial charge is 0.311 e. The van der Waals surface area contributed by atoms with Gasteiger partial charge < -0.3 is 4.90 Å². The zero-order valence-corrected chi connectivity index (χ0v) is 11.7. The highest BCUT2D eigenvalue weighted by molar-refractivity contribution is 6.31. The molecule has 21 heavy (non-hydrogen) atoms. The van der Waals surface area contributed by atoms with Crippen LogP contribution in [0.1, 0.15) is 10.4 Å². The maximum absolute atomic E-state index is 12.9. The second kappa shape index (κ2) is 5.88. The SMILES string of the molecule is CN(C(=O)c1cc(Cl)ccc1[N+](=O)[O-])c1ccc(F)cc1. The number of carbonyl (C=O) groups is 1. The third-order valence-electron chi connectivity index (χ3n) is 2.90. The van der Waals surface area contributed by atoms with Crippen molar-refractivity contribution in [2.24, 2.45) is 0 Å². The highest BCUT2D eigenvalue weighted by atomic mass is 35.5. The molecule has 0 N–H and O–H groups in total. The first-order chi connectivity index (χ1) is 9.90. The van der Waals surface area contributed by atoms with Crippen molar-refractivity contribution >= 4 is 28.9 Å². The molecule has 0 radical (unpaired) electrons. The van der Waals surface area contributed by atoms with Gasteiger partial charge >= 0.3 is 0 Å². The van der Waals surface area contributed by atoms with E-state index >= 15 is 0 Å². The molecular formula is C14H10ClFN2O3. The van der Waals surface area contributed by atoms with Gasteiger partial charge in [0, 0.05) is 23.8 Å². The summed E-state index contributed by atoms with van der Waals surface area (Å²) in [7, 11) is 1.44. The molecule has 7 heteroatoms. The molecular weight excluding hydrogens is 299 g/mol. The van der Waals surface area contributed by atoms with Crippen LogP contribution in [0.5, 0.6) is 0 Å². The van der Waals surface area contributed by atoms with E-state index in [0.717, 1.165) is 0 Å². The topological polar surface area (TPSA) is 63.5 Å². The highest BCUT2D eigenvalue weighted by Crippen LogP contribution is 2.25. The molecule has 0 saturated carbocycles. The van der Waals surface area contributed by atoms with Crippen LogP contribution in [0.3, 0.4) is 0 Å². The van der Waals surface area contributed by atoms with Crippen LogP contribution < -0.4 is 4.90 Å². The lowest BCUT2D eigenvalue weighted by Gasteiger charge is -2.17. The summed E-state index contributed by atoms with van der Waals surface area (Å²) < 4.78 is 12.9. The van der Waals surface area contributed by atoms with E-state index in [2.05, 4.69) is 0 Å². The van der Waals surface area contributed by atoms with E-state index in [9.17, 15) is 19.3 Å². The fourth-order valence-electron chi connectivity index (χ4n) is 1.80. The van der Waals surface area contributed by atoms with Crippen LogP contribution in [-0.2, 0) is 0 Å². The molecule has 108 valence electrons. The number of anilines is 1. The second-order valence-corrected chi connectivity index (χ2v) is 4.70. The molecule has 0 heterocycles. The van der Waals surface area contributed by atoms with E-state index in [4.69, 9.17) is 11.6 Å². The molecule has 0 saturated heterocycles. The minimum atomic E-state index is -0.651. The molecule has 2 rings (SSSR count). The Kier molecular flexibility index (Phi) is 4.18. The van der Waals surface area contributed by atoms with Crippen LogP contribution in [0.25, 0.3) is 0 Å². The quantitative estimate of drug-likeness (QED) is 0.642. The summed E-state index contributed by atoms with van der Waals surface area (Å²) >= 11 is 5.79. The number of nitrogens with zero attached hydrogens (tertiary/aromatic N) is 2. The standard InChI is InChI=1S/C14H10ClFN2O3/c1-17(11-5-3-10(16)4-6-11)14(19)12-8-9(15)2-7-13(12)18(20)21/h2-8H,1H3. The molecule has 0 bridgehead atoms. The fraction of sp³-hybridized carbons (Fsp3) is 0.0714. The molecule has 0 atom stereocenters. The normalized spacial score (nSPS) is 10.2. The van der Waals surface area contributed by atoms with Crippen molar-refractivity contribution in [1.82, 2.24) is 0 Å². The van der Waals surface area contributed by atoms with Crippen molar-refractivity contribution in [3.05, 3.63) is 69.0 Å². The van der Waals surface area contributed by atoms with E-state index in [1.165, 1.54) is 54.4 Å². The zero-order valence-electron chi connectivity index (χ0n) is 10.9. The van der Waals surface area contributed by atoms with Crippen LogP contribution in [0.15, 0.2) is 42.5 Å². The maximum atomic E-state index is 12.9. The Hall–Kier alpha value is -2.47. The van der Waals surface area contributed by atoms with Crippen LogP contribution in [0, 0.1) is 15.9 Å². The van der Waals surface area contributed by atoms with Gasteiger partial charge in [0.15, 0.2) is 0 Å². The zero-order chi connectivity index (χ0) is 15.6. The molecule has 0 aliphatic rings. The molecule has 1 amide bonds. The summed E-state index contributed by atoms with van der Waals surface area (Å²) in [5.41, 5.74) is -0.0478. The molecule has 2 aromatic carbocycles. The monoisotopic (exact) mass is 308 g/mol. The molecule has 0 aliphatic carbocycles. The Bertz CT molecular complexity index is 704. The number of nitro benzene ring substituents is 1. The smallest absolute Gasteiger partial charge is 0.282 e. The van der Waals surface area contributed by atoms with E-state index in [1.54, 1.807) is 0 Å². The van der Waals surface area contributed by atoms with Gasteiger partial charge in [-0.1, -0.05) is 11.6 Å². The Morgan fingerprint density at radius 1 is 1.24 bits per heavy atom. The first-order valence-electron chi connectivity index (χ1n) is 5.87. The van der Waals surface area contributed by atoms with Gasteiger partial charge in [-0.15, -0.1) is 0 Å². The van der Waals surface area contributed by atoms with Gasteiger partial charge in [-0.05, 0) is 36.4 Å². The summed E-state index contributed by atoms with van der Waals surface area (Å²) in [6, 6.07) is 8.97. The number of hydrogen-bond donors (Lipinski definition) is 0. The Labute approximate surface area is 124 Å². The summed E-state index contributed by atoms with van der Waals surface area (Å²) in [5.74, 6) is -1.04. The number of amides is 1. The number of halogens is 2. The Balaban J connectivity index is 2.41. The van der Waals surface area contributed by atoms with Crippen molar-refractivity contribution in [2.45, 2.75) is 0 Å². The molecule has 0 aliphatic heterocycles. The first-order valence-corrected chi connectivity index (χ1v) is 6.25. The predicted molar refractivity (Wildman–Crippen MR) is 77.2 cm³/mol. The van der Waals surface area contributed by atoms with Crippen LogP contribution in [0.4, 0.5) is 15.8 Å². The summed E-state index contributed by atoms with van der Waals surface area (Å²) in [6.07, 6.45) is 0. The number of carbonyl (C=O) groups excluding carboxylic acids is 1. The van der Waals surface area contributed by atoms with Crippen molar-refractivity contribution < 1.29 is 14.1 Å². The fourth-order valence-corrected chi connectivity index (χ4v) is 1.97. The Morgan fingerprint density at radius 3 is 2.43 bits per heavy atom. The molecule has 0 spiro atoms. The minimum Gasteiger partial charge on any atom is -0.311 e. The number of rotatable bonds is 3. The van der Waals surface area contributed by atoms with Gasteiger partial charge in [0.2, 0.25) is 0 Å². The molecule has 0 fully saturated rings. The average Bonchev–Trinajstić information content (AvgIpc) is 2.46. The minimum absolute atomic E-state index is 0.126. The Morgan fingerprint density at radius 2 is 1.86 bits per heavy atom. The number of benzene rings is 2. The predicted octanol–water partition coefficient (Wildman–Crippen LogP) is 3.66. The van der Waals surface area contributed by atoms with E-state index < -0.39 is 16.6 Å². The van der Waals surface area contributed by atoms with Crippen molar-refractivity contribution in [3.8, 4) is 0 Å². The van der Waals surface area contributed by atoms with E-state index in [0.29, 0.717) is 5.69 Å². The van der Waals surface area contributed by atoms with Crippen LogP contribution >= 0.6 is 11.6 Å². The highest BCUT2D eigenvalue weighted by Gasteiger charge is 2.24. The van der Waals surface area contributed by atoms with Crippen LogP contribution in [0.2, 0.25) is 5.02 Å². The first kappa shape index (κ1) is 14.9. The molecule has 0 aromatic heterocycles. The third-order valence-corrected chi connectivity index (χ3v) is 3.14. The average molecular weight is 309 g/mol. The van der Waals surface area contributed by atoms with Crippen molar-refractivity contribution in [3.63, 3.8) is 0 Å². The maximum Gasteiger partial charge on any atom is 0.282 e. The van der Waals surface area contributed by atoms with Gasteiger partial charge in [-0.25, -0.2) is 4.39 Å². The number of nitro groups is 1. The second-order valence-electron chi connectivity index (χ2n) is 4.26. The lowest BCUT2D eigenvalue weighted by atomic mass is 10.1. The van der Waals surface area contributed by atoms with Gasteiger partial charge in [0.05, 0.1) is 4.92 Å². The summed E-state index contributed by atoms with van der Waals surface area (Å²) in [6.45, 7) is 0. The summed E-state index contributed by atoms with van der Waals surface area (Å²) in [4.78, 5) is 23.9. The molecule has 5 nitrogen and oxygen atoms in total. The third kappa shape index (κ3) is 3.17. The lowest BCUT2D eigenvalue weighted by molar-refractivity contribution is -0.385. The van der Waals surface area contributed by atoms with Gasteiger partial charge in [0.1, 0.15) is 11.4 Å². The van der Waals surface area contributed by atoms with Gasteiger partial charge in [0.25, 0.3) is 11.6 Å². The van der Waals surface area contributed by atoms with Gasteiger partial charge in [-0.3, -0.25) is 14.9 Å².